The maximum Gasteiger partial charge on any atom is 0.320 e. The van der Waals surface area contributed by atoms with E-state index in [9.17, 15) is 9.59 Å². The first-order valence-electron chi connectivity index (χ1n) is 3.24. The van der Waals surface area contributed by atoms with Crippen molar-refractivity contribution in [1.29, 1.82) is 0 Å². The summed E-state index contributed by atoms with van der Waals surface area (Å²) in [6.45, 7) is 0. The molecule has 0 aromatic heterocycles. The highest BCUT2D eigenvalue weighted by molar-refractivity contribution is 7.59. The van der Waals surface area contributed by atoms with Gasteiger partial charge in [0.25, 0.3) is 0 Å². The molecule has 0 heterocycles. The molecule has 0 aliphatic heterocycles. The second-order valence-electron chi connectivity index (χ2n) is 2.23. The molecular formula is C6H13NO4S. The number of aliphatic carboxylic acids is 2. The predicted octanol–water partition coefficient (Wildman–Crippen LogP) is -0.234. The molecule has 5 nitrogen and oxygen atoms in total. The van der Waals surface area contributed by atoms with E-state index in [1.54, 1.807) is 0 Å². The molecule has 0 spiro atoms. The van der Waals surface area contributed by atoms with Crippen LogP contribution in [0.1, 0.15) is 19.3 Å². The third-order valence-corrected chi connectivity index (χ3v) is 1.22. The lowest BCUT2D eigenvalue weighted by Gasteiger charge is -2.02. The van der Waals surface area contributed by atoms with Crippen LogP contribution in [0, 0.1) is 0 Å². The molecule has 1 atom stereocenters. The fraction of sp³-hybridized carbons (Fsp3) is 0.667. The Balaban J connectivity index is 0. The minimum Gasteiger partial charge on any atom is -0.481 e. The van der Waals surface area contributed by atoms with Crippen LogP contribution in [-0.2, 0) is 9.59 Å². The van der Waals surface area contributed by atoms with Crippen molar-refractivity contribution in [3.63, 3.8) is 0 Å². The number of rotatable bonds is 5. The summed E-state index contributed by atoms with van der Waals surface area (Å²) in [4.78, 5) is 20.1. The Morgan fingerprint density at radius 2 is 1.83 bits per heavy atom. The molecule has 0 aliphatic rings. The van der Waals surface area contributed by atoms with Gasteiger partial charge in [-0.05, 0) is 12.8 Å². The van der Waals surface area contributed by atoms with Gasteiger partial charge in [-0.25, -0.2) is 0 Å². The van der Waals surface area contributed by atoms with Crippen LogP contribution in [0.2, 0.25) is 0 Å². The number of hydrogen-bond acceptors (Lipinski definition) is 3. The zero-order chi connectivity index (χ0) is 8.85. The van der Waals surface area contributed by atoms with E-state index < -0.39 is 18.0 Å². The fourth-order valence-electron chi connectivity index (χ4n) is 0.597. The van der Waals surface area contributed by atoms with Gasteiger partial charge in [-0.1, -0.05) is 0 Å². The van der Waals surface area contributed by atoms with Crippen molar-refractivity contribution in [2.75, 3.05) is 0 Å². The third-order valence-electron chi connectivity index (χ3n) is 1.22. The Bertz CT molecular complexity index is 162. The van der Waals surface area contributed by atoms with Gasteiger partial charge in [0.1, 0.15) is 6.04 Å². The molecule has 6 heteroatoms. The average molecular weight is 195 g/mol. The highest BCUT2D eigenvalue weighted by atomic mass is 32.1. The predicted molar refractivity (Wildman–Crippen MR) is 47.5 cm³/mol. The molecule has 0 aliphatic carbocycles. The maximum atomic E-state index is 10.1. The Morgan fingerprint density at radius 1 is 1.33 bits per heavy atom. The van der Waals surface area contributed by atoms with Gasteiger partial charge in [-0.3, -0.25) is 9.59 Å². The molecule has 0 saturated heterocycles. The van der Waals surface area contributed by atoms with Crippen LogP contribution in [0.15, 0.2) is 0 Å². The van der Waals surface area contributed by atoms with E-state index in [-0.39, 0.29) is 26.3 Å². The van der Waals surface area contributed by atoms with Crippen molar-refractivity contribution in [3.8, 4) is 0 Å². The van der Waals surface area contributed by atoms with Gasteiger partial charge in [0, 0.05) is 6.42 Å². The van der Waals surface area contributed by atoms with E-state index in [1.165, 1.54) is 0 Å². The first kappa shape index (κ1) is 13.8. The van der Waals surface area contributed by atoms with Crippen LogP contribution < -0.4 is 5.73 Å². The van der Waals surface area contributed by atoms with Crippen molar-refractivity contribution in [2.24, 2.45) is 5.73 Å². The van der Waals surface area contributed by atoms with Gasteiger partial charge >= 0.3 is 11.9 Å². The van der Waals surface area contributed by atoms with Crippen LogP contribution in [-0.4, -0.2) is 28.2 Å². The largest absolute Gasteiger partial charge is 0.481 e. The molecule has 12 heavy (non-hydrogen) atoms. The summed E-state index contributed by atoms with van der Waals surface area (Å²) in [7, 11) is 0. The molecule has 0 radical (unpaired) electrons. The topological polar surface area (TPSA) is 101 Å². The van der Waals surface area contributed by atoms with Gasteiger partial charge in [-0.2, -0.15) is 13.5 Å². The second kappa shape index (κ2) is 6.93. The van der Waals surface area contributed by atoms with Gasteiger partial charge in [-0.15, -0.1) is 0 Å². The summed E-state index contributed by atoms with van der Waals surface area (Å²) in [6, 6.07) is -0.936. The quantitative estimate of drug-likeness (QED) is 0.562. The Morgan fingerprint density at radius 3 is 2.17 bits per heavy atom. The maximum absolute atomic E-state index is 10.1. The van der Waals surface area contributed by atoms with Crippen molar-refractivity contribution >= 4 is 25.4 Å². The number of hydrogen-bond donors (Lipinski definition) is 3. The van der Waals surface area contributed by atoms with E-state index in [1.807, 2.05) is 0 Å². The Labute approximate surface area is 77.0 Å². The molecular weight excluding hydrogens is 182 g/mol. The molecule has 0 unspecified atom stereocenters. The fourth-order valence-corrected chi connectivity index (χ4v) is 0.597. The minimum absolute atomic E-state index is 0. The van der Waals surface area contributed by atoms with Crippen LogP contribution in [0.5, 0.6) is 0 Å². The molecule has 0 rings (SSSR count). The number of carboxylic acid groups (broad SMARTS) is 2. The Kier molecular flexibility index (Phi) is 7.98. The zero-order valence-electron chi connectivity index (χ0n) is 6.49. The monoisotopic (exact) mass is 195 g/mol. The first-order chi connectivity index (χ1) is 5.04. The summed E-state index contributed by atoms with van der Waals surface area (Å²) in [5, 5.41) is 16.5. The standard InChI is InChI=1S/C6H11NO4.H2S/c7-4(6(10)11)2-1-3-5(8)9;/h4H,1-3,7H2,(H,8,9)(H,10,11);1H2/t4-;/m0./s1. The molecule has 0 bridgehead atoms. The molecule has 0 aromatic carbocycles. The van der Waals surface area contributed by atoms with Crippen LogP contribution in [0.4, 0.5) is 0 Å². The minimum atomic E-state index is -1.09. The van der Waals surface area contributed by atoms with Crippen LogP contribution in [0.25, 0.3) is 0 Å². The zero-order valence-corrected chi connectivity index (χ0v) is 7.49. The van der Waals surface area contributed by atoms with E-state index >= 15 is 0 Å². The van der Waals surface area contributed by atoms with Crippen molar-refractivity contribution in [2.45, 2.75) is 25.3 Å². The normalized spacial score (nSPS) is 11.4. The number of carbonyl (C=O) groups is 2. The van der Waals surface area contributed by atoms with Crippen LogP contribution >= 0.6 is 13.5 Å². The smallest absolute Gasteiger partial charge is 0.320 e. The molecule has 0 amide bonds. The summed E-state index contributed by atoms with van der Waals surface area (Å²) in [5.41, 5.74) is 5.11. The van der Waals surface area contributed by atoms with Gasteiger partial charge in [0.05, 0.1) is 0 Å². The number of nitrogens with two attached hydrogens (primary N) is 1. The average Bonchev–Trinajstić information content (AvgIpc) is 1.86. The highest BCUT2D eigenvalue weighted by Gasteiger charge is 2.10. The lowest BCUT2D eigenvalue weighted by Crippen LogP contribution is -2.29. The molecule has 0 aromatic rings. The Hall–Kier alpha value is -0.750. The van der Waals surface area contributed by atoms with Gasteiger partial charge < -0.3 is 15.9 Å². The molecule has 72 valence electrons. The van der Waals surface area contributed by atoms with Crippen molar-refractivity contribution in [3.05, 3.63) is 0 Å². The summed E-state index contributed by atoms with van der Waals surface area (Å²) < 4.78 is 0. The molecule has 0 saturated carbocycles. The van der Waals surface area contributed by atoms with Crippen molar-refractivity contribution < 1.29 is 19.8 Å². The van der Waals surface area contributed by atoms with Gasteiger partial charge in [0.15, 0.2) is 0 Å². The van der Waals surface area contributed by atoms with Crippen molar-refractivity contribution in [1.82, 2.24) is 0 Å². The first-order valence-corrected chi connectivity index (χ1v) is 3.24. The lowest BCUT2D eigenvalue weighted by molar-refractivity contribution is -0.140. The summed E-state index contributed by atoms with van der Waals surface area (Å²) in [6.07, 6.45) is 0.491. The molecule has 4 N–H and O–H groups in total. The third kappa shape index (κ3) is 7.36. The summed E-state index contributed by atoms with van der Waals surface area (Å²) >= 11 is 0. The van der Waals surface area contributed by atoms with E-state index in [0.29, 0.717) is 6.42 Å². The van der Waals surface area contributed by atoms with E-state index in [0.717, 1.165) is 0 Å². The lowest BCUT2D eigenvalue weighted by atomic mass is 10.1. The van der Waals surface area contributed by atoms with Crippen LogP contribution in [0.3, 0.4) is 0 Å². The SMILES string of the molecule is N[C@@H](CCCC(=O)O)C(=O)O.S. The van der Waals surface area contributed by atoms with E-state index in [2.05, 4.69) is 0 Å². The summed E-state index contributed by atoms with van der Waals surface area (Å²) in [5.74, 6) is -2.02. The number of carboxylic acids is 2. The highest BCUT2D eigenvalue weighted by Crippen LogP contribution is 1.98. The second-order valence-corrected chi connectivity index (χ2v) is 2.23. The van der Waals surface area contributed by atoms with E-state index in [4.69, 9.17) is 15.9 Å². The molecule has 0 fully saturated rings. The van der Waals surface area contributed by atoms with Gasteiger partial charge in [0.2, 0.25) is 0 Å².